The SMILES string of the molecule is CC.CC(=O)C1CCC2(C)C3(C)CCC4=CC(=O)CCC4=C3C(c3ccc(N(C)C(C)C)cc3)CC12C. The number of anilines is 1. The van der Waals surface area contributed by atoms with Crippen LogP contribution in [0.1, 0.15) is 112 Å². The minimum atomic E-state index is -0.0264. The van der Waals surface area contributed by atoms with E-state index >= 15 is 0 Å². The Kier molecular flexibility index (Phi) is 7.42. The molecule has 0 amide bonds. The van der Waals surface area contributed by atoms with Gasteiger partial charge in [0.1, 0.15) is 5.78 Å². The Morgan fingerprint density at radius 1 is 1.00 bits per heavy atom. The molecule has 1 aromatic rings. The van der Waals surface area contributed by atoms with Crippen LogP contribution >= 0.6 is 0 Å². The molecule has 5 atom stereocenters. The molecule has 5 rings (SSSR count). The summed E-state index contributed by atoms with van der Waals surface area (Å²) in [6.07, 6.45) is 8.66. The fraction of sp³-hybridized carbons (Fsp3) is 0.647. The van der Waals surface area contributed by atoms with Crippen LogP contribution in [0.4, 0.5) is 5.69 Å². The Hall–Kier alpha value is -2.16. The molecule has 2 fully saturated rings. The molecule has 4 aliphatic rings. The van der Waals surface area contributed by atoms with E-state index in [0.29, 0.717) is 24.2 Å². The quantitative estimate of drug-likeness (QED) is 0.414. The Morgan fingerprint density at radius 3 is 2.24 bits per heavy atom. The second kappa shape index (κ2) is 9.86. The molecule has 4 aliphatic carbocycles. The average Bonchev–Trinajstić information content (AvgIpc) is 3.16. The normalized spacial score (nSPS) is 34.6. The minimum absolute atomic E-state index is 0.0264. The van der Waals surface area contributed by atoms with E-state index in [0.717, 1.165) is 38.5 Å². The Bertz CT molecular complexity index is 1120. The molecule has 0 bridgehead atoms. The topological polar surface area (TPSA) is 37.4 Å². The molecule has 0 spiro atoms. The summed E-state index contributed by atoms with van der Waals surface area (Å²) in [5.74, 6) is 1.08. The Labute approximate surface area is 225 Å². The van der Waals surface area contributed by atoms with Gasteiger partial charge in [-0.05, 0) is 110 Å². The first-order valence-electron chi connectivity index (χ1n) is 14.7. The fourth-order valence-corrected chi connectivity index (χ4v) is 8.71. The average molecular weight is 504 g/mol. The maximum atomic E-state index is 12.9. The van der Waals surface area contributed by atoms with Gasteiger partial charge in [-0.1, -0.05) is 52.3 Å². The number of hydrogen-bond acceptors (Lipinski definition) is 3. The van der Waals surface area contributed by atoms with Gasteiger partial charge in [0, 0.05) is 37.0 Å². The van der Waals surface area contributed by atoms with Gasteiger partial charge in [-0.25, -0.2) is 0 Å². The van der Waals surface area contributed by atoms with Gasteiger partial charge in [-0.3, -0.25) is 9.59 Å². The predicted octanol–water partition coefficient (Wildman–Crippen LogP) is 8.44. The first-order valence-corrected chi connectivity index (χ1v) is 14.7. The number of Topliss-reactive ketones (excluding diaryl/α,β-unsaturated/α-hetero) is 1. The highest BCUT2D eigenvalue weighted by Gasteiger charge is 2.68. The lowest BCUT2D eigenvalue weighted by molar-refractivity contribution is -0.131. The van der Waals surface area contributed by atoms with E-state index in [1.54, 1.807) is 5.57 Å². The van der Waals surface area contributed by atoms with Crippen molar-refractivity contribution in [3.05, 3.63) is 52.6 Å². The van der Waals surface area contributed by atoms with Crippen LogP contribution in [0.2, 0.25) is 0 Å². The van der Waals surface area contributed by atoms with E-state index in [1.807, 2.05) is 26.8 Å². The van der Waals surface area contributed by atoms with Crippen LogP contribution in [0, 0.1) is 22.2 Å². The third-order valence-corrected chi connectivity index (χ3v) is 11.3. The van der Waals surface area contributed by atoms with E-state index in [1.165, 1.54) is 22.4 Å². The molecule has 3 heteroatoms. The van der Waals surface area contributed by atoms with Gasteiger partial charge in [-0.2, -0.15) is 0 Å². The smallest absolute Gasteiger partial charge is 0.156 e. The van der Waals surface area contributed by atoms with Crippen molar-refractivity contribution < 1.29 is 9.59 Å². The Morgan fingerprint density at radius 2 is 1.65 bits per heavy atom. The fourth-order valence-electron chi connectivity index (χ4n) is 8.71. The molecule has 0 N–H and O–H groups in total. The molecule has 2 saturated carbocycles. The van der Waals surface area contributed by atoms with Crippen LogP contribution in [-0.2, 0) is 9.59 Å². The predicted molar refractivity (Wildman–Crippen MR) is 155 cm³/mol. The van der Waals surface area contributed by atoms with Crippen LogP contribution in [0.5, 0.6) is 0 Å². The number of rotatable bonds is 4. The number of carbonyl (C=O) groups excluding carboxylic acids is 2. The van der Waals surface area contributed by atoms with E-state index < -0.39 is 0 Å². The first-order chi connectivity index (χ1) is 17.4. The molecular formula is C34H49NO2. The number of benzene rings is 1. The lowest BCUT2D eigenvalue weighted by Gasteiger charge is -2.64. The monoisotopic (exact) mass is 503 g/mol. The van der Waals surface area contributed by atoms with Gasteiger partial charge in [0.25, 0.3) is 0 Å². The summed E-state index contributed by atoms with van der Waals surface area (Å²) < 4.78 is 0. The van der Waals surface area contributed by atoms with Crippen LogP contribution < -0.4 is 4.90 Å². The highest BCUT2D eigenvalue weighted by molar-refractivity contribution is 5.93. The van der Waals surface area contributed by atoms with Crippen molar-refractivity contribution in [2.45, 2.75) is 112 Å². The van der Waals surface area contributed by atoms with E-state index in [4.69, 9.17) is 0 Å². The maximum Gasteiger partial charge on any atom is 0.156 e. The van der Waals surface area contributed by atoms with Crippen LogP contribution in [0.3, 0.4) is 0 Å². The van der Waals surface area contributed by atoms with Crippen LogP contribution in [0.15, 0.2) is 47.1 Å². The van der Waals surface area contributed by atoms with Crippen LogP contribution in [-0.4, -0.2) is 24.7 Å². The summed E-state index contributed by atoms with van der Waals surface area (Å²) in [4.78, 5) is 27.6. The molecule has 0 radical (unpaired) electrons. The van der Waals surface area contributed by atoms with Crippen molar-refractivity contribution in [1.82, 2.24) is 0 Å². The molecule has 1 aromatic carbocycles. The summed E-state index contributed by atoms with van der Waals surface area (Å²) >= 11 is 0. The first kappa shape index (κ1) is 27.9. The molecule has 5 unspecified atom stereocenters. The zero-order valence-corrected chi connectivity index (χ0v) is 24.8. The van der Waals surface area contributed by atoms with E-state index in [9.17, 15) is 9.59 Å². The standard InChI is InChI=1S/C32H43NO2.C2H6/c1-20(2)33(7)24-10-8-22(9-11-24)27-19-31(5)28(21(3)34)15-17-32(31,6)30(4)16-14-23-18-25(35)12-13-26(23)29(27)30;1-2/h8-11,18,20,27-28H,12-17,19H2,1-7H3;1-2H3. The number of hydrogen-bond donors (Lipinski definition) is 0. The molecule has 37 heavy (non-hydrogen) atoms. The largest absolute Gasteiger partial charge is 0.372 e. The van der Waals surface area contributed by atoms with Gasteiger partial charge in [0.05, 0.1) is 0 Å². The van der Waals surface area contributed by atoms with Gasteiger partial charge in [0.15, 0.2) is 5.78 Å². The van der Waals surface area contributed by atoms with Crippen LogP contribution in [0.25, 0.3) is 0 Å². The van der Waals surface area contributed by atoms with E-state index in [-0.39, 0.29) is 27.9 Å². The van der Waals surface area contributed by atoms with Crippen molar-refractivity contribution in [3.8, 4) is 0 Å². The number of allylic oxidation sites excluding steroid dienone is 4. The zero-order valence-electron chi connectivity index (χ0n) is 24.8. The summed E-state index contributed by atoms with van der Waals surface area (Å²) in [6.45, 7) is 17.7. The highest BCUT2D eigenvalue weighted by atomic mass is 16.1. The number of fused-ring (bicyclic) bond motifs is 4. The van der Waals surface area contributed by atoms with E-state index in [2.05, 4.69) is 70.8 Å². The van der Waals surface area contributed by atoms with Gasteiger partial charge in [0.2, 0.25) is 0 Å². The van der Waals surface area contributed by atoms with Gasteiger partial charge in [-0.15, -0.1) is 0 Å². The lowest BCUT2D eigenvalue weighted by atomic mass is 9.39. The summed E-state index contributed by atoms with van der Waals surface area (Å²) in [6, 6.07) is 9.67. The molecule has 3 nitrogen and oxygen atoms in total. The van der Waals surface area contributed by atoms with Crippen molar-refractivity contribution in [2.75, 3.05) is 11.9 Å². The van der Waals surface area contributed by atoms with Crippen molar-refractivity contribution in [3.63, 3.8) is 0 Å². The summed E-state index contributed by atoms with van der Waals surface area (Å²) in [5, 5.41) is 0. The Balaban J connectivity index is 0.00000156. The molecule has 0 heterocycles. The van der Waals surface area contributed by atoms with Crippen molar-refractivity contribution in [2.24, 2.45) is 22.2 Å². The zero-order chi connectivity index (χ0) is 27.3. The molecule has 0 saturated heterocycles. The van der Waals surface area contributed by atoms with Gasteiger partial charge >= 0.3 is 0 Å². The number of ketones is 2. The molecule has 0 aromatic heterocycles. The second-order valence-corrected chi connectivity index (χ2v) is 12.9. The molecule has 0 aliphatic heterocycles. The number of nitrogens with zero attached hydrogens (tertiary/aromatic N) is 1. The maximum absolute atomic E-state index is 12.9. The third-order valence-electron chi connectivity index (χ3n) is 11.3. The lowest BCUT2D eigenvalue weighted by Crippen LogP contribution is -2.56. The summed E-state index contributed by atoms with van der Waals surface area (Å²) in [5.41, 5.74) is 7.07. The molecular weight excluding hydrogens is 454 g/mol. The summed E-state index contributed by atoms with van der Waals surface area (Å²) in [7, 11) is 2.15. The second-order valence-electron chi connectivity index (χ2n) is 12.9. The highest BCUT2D eigenvalue weighted by Crippen LogP contribution is 2.76. The number of carbonyl (C=O) groups is 2. The molecule has 202 valence electrons. The van der Waals surface area contributed by atoms with Crippen molar-refractivity contribution >= 4 is 17.3 Å². The third kappa shape index (κ3) is 4.07. The van der Waals surface area contributed by atoms with Gasteiger partial charge < -0.3 is 4.90 Å². The van der Waals surface area contributed by atoms with Crippen molar-refractivity contribution in [1.29, 1.82) is 0 Å². The minimum Gasteiger partial charge on any atom is -0.372 e.